The van der Waals surface area contributed by atoms with E-state index in [2.05, 4.69) is 12.1 Å². The molecule has 0 radical (unpaired) electrons. The predicted molar refractivity (Wildman–Crippen MR) is 129 cm³/mol. The highest BCUT2D eigenvalue weighted by atomic mass is 35.5. The van der Waals surface area contributed by atoms with Crippen molar-refractivity contribution >= 4 is 11.6 Å². The van der Waals surface area contributed by atoms with E-state index in [1.165, 1.54) is 5.56 Å². The fourth-order valence-electron chi connectivity index (χ4n) is 5.07. The van der Waals surface area contributed by atoms with Gasteiger partial charge in [-0.3, -0.25) is 0 Å². The van der Waals surface area contributed by atoms with Crippen LogP contribution in [0.4, 0.5) is 8.78 Å². The average molecular weight is 453 g/mol. The average Bonchev–Trinajstić information content (AvgIpc) is 2.81. The molecular weight excluding hydrogens is 422 g/mol. The molecule has 1 unspecified atom stereocenters. The maximum atomic E-state index is 14.9. The molecule has 1 aliphatic carbocycles. The molecule has 0 aliphatic heterocycles. The van der Waals surface area contributed by atoms with Gasteiger partial charge >= 0.3 is 0 Å². The Labute approximate surface area is 195 Å². The first kappa shape index (κ1) is 23.0. The van der Waals surface area contributed by atoms with Crippen LogP contribution in [0.3, 0.4) is 0 Å². The van der Waals surface area contributed by atoms with Crippen LogP contribution in [0, 0.1) is 17.6 Å². The molecule has 3 aromatic rings. The Morgan fingerprint density at radius 2 is 1.50 bits per heavy atom. The molecule has 0 heterocycles. The van der Waals surface area contributed by atoms with Crippen molar-refractivity contribution in [2.24, 2.45) is 5.92 Å². The summed E-state index contributed by atoms with van der Waals surface area (Å²) < 4.78 is 29.8. The van der Waals surface area contributed by atoms with E-state index in [1.54, 1.807) is 12.1 Å². The smallest absolute Gasteiger partial charge is 0.129 e. The van der Waals surface area contributed by atoms with Gasteiger partial charge in [0.1, 0.15) is 11.6 Å². The van der Waals surface area contributed by atoms with Crippen LogP contribution in [0.2, 0.25) is 5.02 Å². The molecule has 0 saturated heterocycles. The topological polar surface area (TPSA) is 0 Å². The fraction of sp³-hybridized carbons (Fsp3) is 0.379. The van der Waals surface area contributed by atoms with Gasteiger partial charge in [0.25, 0.3) is 0 Å². The van der Waals surface area contributed by atoms with Crippen molar-refractivity contribution in [3.63, 3.8) is 0 Å². The van der Waals surface area contributed by atoms with Gasteiger partial charge in [-0.25, -0.2) is 8.78 Å². The van der Waals surface area contributed by atoms with Gasteiger partial charge in [-0.2, -0.15) is 0 Å². The van der Waals surface area contributed by atoms with E-state index in [1.807, 2.05) is 49.4 Å². The Morgan fingerprint density at radius 3 is 2.12 bits per heavy atom. The van der Waals surface area contributed by atoms with E-state index in [0.717, 1.165) is 54.7 Å². The minimum Gasteiger partial charge on any atom is -0.207 e. The van der Waals surface area contributed by atoms with Gasteiger partial charge in [-0.05, 0) is 104 Å². The van der Waals surface area contributed by atoms with Crippen molar-refractivity contribution in [1.82, 2.24) is 0 Å². The maximum absolute atomic E-state index is 14.9. The Morgan fingerprint density at radius 1 is 0.875 bits per heavy atom. The molecule has 4 rings (SSSR count). The summed E-state index contributed by atoms with van der Waals surface area (Å²) in [4.78, 5) is 0. The van der Waals surface area contributed by atoms with Crippen LogP contribution in [0.15, 0.2) is 66.7 Å². The van der Waals surface area contributed by atoms with Gasteiger partial charge < -0.3 is 0 Å². The number of halogens is 3. The van der Waals surface area contributed by atoms with Gasteiger partial charge in [-0.1, -0.05) is 61.0 Å². The molecule has 0 amide bonds. The third-order valence-electron chi connectivity index (χ3n) is 7.11. The second kappa shape index (κ2) is 10.6. The second-order valence-corrected chi connectivity index (χ2v) is 9.80. The molecule has 0 aromatic heterocycles. The van der Waals surface area contributed by atoms with Crippen molar-refractivity contribution in [3.05, 3.63) is 106 Å². The van der Waals surface area contributed by atoms with Crippen molar-refractivity contribution in [1.29, 1.82) is 0 Å². The molecule has 1 atom stereocenters. The zero-order valence-corrected chi connectivity index (χ0v) is 19.4. The van der Waals surface area contributed by atoms with E-state index in [-0.39, 0.29) is 17.4 Å². The van der Waals surface area contributed by atoms with Crippen LogP contribution in [-0.2, 0) is 12.8 Å². The zero-order valence-electron chi connectivity index (χ0n) is 18.7. The highest BCUT2D eigenvalue weighted by molar-refractivity contribution is 6.30. The van der Waals surface area contributed by atoms with Gasteiger partial charge in [0.2, 0.25) is 0 Å². The molecule has 0 nitrogen and oxygen atoms in total. The van der Waals surface area contributed by atoms with Gasteiger partial charge in [-0.15, -0.1) is 0 Å². The lowest BCUT2D eigenvalue weighted by atomic mass is 9.76. The quantitative estimate of drug-likeness (QED) is 0.335. The van der Waals surface area contributed by atoms with Crippen LogP contribution in [0.5, 0.6) is 0 Å². The highest BCUT2D eigenvalue weighted by Crippen LogP contribution is 2.38. The van der Waals surface area contributed by atoms with Crippen LogP contribution >= 0.6 is 11.6 Å². The molecule has 0 N–H and O–H groups in total. The molecule has 32 heavy (non-hydrogen) atoms. The molecule has 1 saturated carbocycles. The standard InChI is InChI=1S/C29H31ClF2/c1-20(23-5-3-2-4-6-23)17-27-28(31)18-25(19-29(27)32)24-13-9-21(10-14-24)7-8-22-11-15-26(30)16-12-22/h2-6,11-12,15-16,18-21,24H,7-10,13-14,17H2,1H3. The van der Waals surface area contributed by atoms with E-state index < -0.39 is 11.6 Å². The van der Waals surface area contributed by atoms with Crippen LogP contribution in [-0.4, -0.2) is 0 Å². The molecule has 1 aliphatic rings. The third-order valence-corrected chi connectivity index (χ3v) is 7.37. The van der Waals surface area contributed by atoms with Crippen LogP contribution < -0.4 is 0 Å². The monoisotopic (exact) mass is 452 g/mol. The molecule has 0 bridgehead atoms. The summed E-state index contributed by atoms with van der Waals surface area (Å²) in [6, 6.07) is 21.2. The lowest BCUT2D eigenvalue weighted by molar-refractivity contribution is 0.309. The van der Waals surface area contributed by atoms with Crippen LogP contribution in [0.25, 0.3) is 0 Å². The van der Waals surface area contributed by atoms with E-state index in [9.17, 15) is 8.78 Å². The summed E-state index contributed by atoms with van der Waals surface area (Å²) in [5.74, 6) is 0.219. The number of rotatable bonds is 7. The summed E-state index contributed by atoms with van der Waals surface area (Å²) in [5.41, 5.74) is 3.46. The minimum absolute atomic E-state index is 0.0714. The fourth-order valence-corrected chi connectivity index (χ4v) is 5.19. The molecule has 0 spiro atoms. The first-order chi connectivity index (χ1) is 15.5. The predicted octanol–water partition coefficient (Wildman–Crippen LogP) is 8.87. The van der Waals surface area contributed by atoms with Crippen molar-refractivity contribution in [2.45, 2.75) is 63.7 Å². The minimum atomic E-state index is -0.396. The SMILES string of the molecule is CC(Cc1c(F)cc(C2CCC(CCc3ccc(Cl)cc3)CC2)cc1F)c1ccccc1. The first-order valence-electron chi connectivity index (χ1n) is 11.8. The highest BCUT2D eigenvalue weighted by Gasteiger charge is 2.24. The van der Waals surface area contributed by atoms with Crippen LogP contribution in [0.1, 0.15) is 73.1 Å². The largest absolute Gasteiger partial charge is 0.207 e. The van der Waals surface area contributed by atoms with E-state index >= 15 is 0 Å². The van der Waals surface area contributed by atoms with Gasteiger partial charge in [0.05, 0.1) is 0 Å². The third kappa shape index (κ3) is 5.78. The summed E-state index contributed by atoms with van der Waals surface area (Å²) in [6.07, 6.45) is 6.84. The first-order valence-corrected chi connectivity index (χ1v) is 12.1. The zero-order chi connectivity index (χ0) is 22.5. The normalized spacial score (nSPS) is 19.6. The summed E-state index contributed by atoms with van der Waals surface area (Å²) >= 11 is 5.97. The number of aryl methyl sites for hydroxylation is 1. The summed E-state index contributed by atoms with van der Waals surface area (Å²) in [5, 5.41) is 0.772. The number of hydrogen-bond acceptors (Lipinski definition) is 0. The molecule has 3 aromatic carbocycles. The lowest BCUT2D eigenvalue weighted by Crippen LogP contribution is -2.15. The maximum Gasteiger partial charge on any atom is 0.129 e. The van der Waals surface area contributed by atoms with Crippen molar-refractivity contribution in [3.8, 4) is 0 Å². The Kier molecular flexibility index (Phi) is 7.63. The van der Waals surface area contributed by atoms with Crippen molar-refractivity contribution < 1.29 is 8.78 Å². The number of benzene rings is 3. The second-order valence-electron chi connectivity index (χ2n) is 9.36. The lowest BCUT2D eigenvalue weighted by Gasteiger charge is -2.29. The molecule has 1 fully saturated rings. The summed E-state index contributed by atoms with van der Waals surface area (Å²) in [6.45, 7) is 2.02. The van der Waals surface area contributed by atoms with Gasteiger partial charge in [0, 0.05) is 10.6 Å². The van der Waals surface area contributed by atoms with Gasteiger partial charge in [0.15, 0.2) is 0 Å². The van der Waals surface area contributed by atoms with Crippen molar-refractivity contribution in [2.75, 3.05) is 0 Å². The molecule has 3 heteroatoms. The Balaban J connectivity index is 1.34. The molecule has 168 valence electrons. The van der Waals surface area contributed by atoms with E-state index in [0.29, 0.717) is 12.3 Å². The Bertz CT molecular complexity index is 982. The Hall–Kier alpha value is -2.19. The molecular formula is C29H31ClF2. The summed E-state index contributed by atoms with van der Waals surface area (Å²) in [7, 11) is 0. The van der Waals surface area contributed by atoms with E-state index in [4.69, 9.17) is 11.6 Å². The number of hydrogen-bond donors (Lipinski definition) is 0.